The summed E-state index contributed by atoms with van der Waals surface area (Å²) in [4.78, 5) is 0. The second-order valence-corrected chi connectivity index (χ2v) is 4.32. The summed E-state index contributed by atoms with van der Waals surface area (Å²) in [7, 11) is 0. The van der Waals surface area contributed by atoms with Crippen molar-refractivity contribution in [2.75, 3.05) is 25.1 Å². The number of hydrogen-bond donors (Lipinski definition) is 1. The van der Waals surface area contributed by atoms with E-state index in [0.29, 0.717) is 19.8 Å². The van der Waals surface area contributed by atoms with Gasteiger partial charge in [0.15, 0.2) is 0 Å². The lowest BCUT2D eigenvalue weighted by atomic mass is 10.2. The maximum atomic E-state index is 12.7. The van der Waals surface area contributed by atoms with Crippen LogP contribution in [0.4, 0.5) is 10.1 Å². The van der Waals surface area contributed by atoms with Gasteiger partial charge in [-0.2, -0.15) is 0 Å². The van der Waals surface area contributed by atoms with Crippen LogP contribution in [0, 0.1) is 5.82 Å². The SMILES string of the molecule is Fc1ccc(NCCOCC=Cc2ccccc2)cc1. The molecule has 2 aromatic rings. The van der Waals surface area contributed by atoms with E-state index in [9.17, 15) is 4.39 Å². The first-order valence-electron chi connectivity index (χ1n) is 6.63. The molecule has 104 valence electrons. The van der Waals surface area contributed by atoms with E-state index in [0.717, 1.165) is 5.69 Å². The maximum absolute atomic E-state index is 12.7. The van der Waals surface area contributed by atoms with Crippen molar-refractivity contribution in [3.05, 3.63) is 72.1 Å². The summed E-state index contributed by atoms with van der Waals surface area (Å²) < 4.78 is 18.2. The molecule has 0 aliphatic carbocycles. The molecule has 3 heteroatoms. The summed E-state index contributed by atoms with van der Waals surface area (Å²) in [5.41, 5.74) is 2.07. The van der Waals surface area contributed by atoms with Crippen LogP contribution in [-0.2, 0) is 4.74 Å². The minimum absolute atomic E-state index is 0.224. The number of ether oxygens (including phenoxy) is 1. The molecule has 20 heavy (non-hydrogen) atoms. The van der Waals surface area contributed by atoms with Gasteiger partial charge in [-0.3, -0.25) is 0 Å². The lowest BCUT2D eigenvalue weighted by Gasteiger charge is -2.06. The highest BCUT2D eigenvalue weighted by Crippen LogP contribution is 2.07. The van der Waals surface area contributed by atoms with Gasteiger partial charge in [-0.1, -0.05) is 42.5 Å². The Hall–Kier alpha value is -2.13. The molecule has 0 aliphatic heterocycles. The number of rotatable bonds is 7. The number of anilines is 1. The molecule has 0 bridgehead atoms. The molecular weight excluding hydrogens is 253 g/mol. The van der Waals surface area contributed by atoms with Gasteiger partial charge >= 0.3 is 0 Å². The first-order chi connectivity index (χ1) is 9.84. The third-order valence-corrected chi connectivity index (χ3v) is 2.74. The normalized spacial score (nSPS) is 10.8. The largest absolute Gasteiger partial charge is 0.383 e. The van der Waals surface area contributed by atoms with Gasteiger partial charge in [-0.05, 0) is 29.8 Å². The van der Waals surface area contributed by atoms with Gasteiger partial charge in [0, 0.05) is 12.2 Å². The smallest absolute Gasteiger partial charge is 0.123 e. The van der Waals surface area contributed by atoms with Crippen LogP contribution in [0.1, 0.15) is 5.56 Å². The number of benzene rings is 2. The van der Waals surface area contributed by atoms with Crippen molar-refractivity contribution in [2.24, 2.45) is 0 Å². The molecule has 2 nitrogen and oxygen atoms in total. The van der Waals surface area contributed by atoms with Crippen LogP contribution in [-0.4, -0.2) is 19.8 Å². The maximum Gasteiger partial charge on any atom is 0.123 e. The van der Waals surface area contributed by atoms with E-state index in [4.69, 9.17) is 4.74 Å². The van der Waals surface area contributed by atoms with Crippen molar-refractivity contribution in [3.8, 4) is 0 Å². The van der Waals surface area contributed by atoms with Crippen LogP contribution in [0.25, 0.3) is 6.08 Å². The van der Waals surface area contributed by atoms with E-state index >= 15 is 0 Å². The second kappa shape index (κ2) is 8.12. The minimum Gasteiger partial charge on any atom is -0.383 e. The van der Waals surface area contributed by atoms with Crippen molar-refractivity contribution in [1.82, 2.24) is 0 Å². The van der Waals surface area contributed by atoms with Crippen LogP contribution in [0.5, 0.6) is 0 Å². The van der Waals surface area contributed by atoms with Gasteiger partial charge in [0.1, 0.15) is 5.82 Å². The van der Waals surface area contributed by atoms with Crippen LogP contribution in [0.15, 0.2) is 60.7 Å². The Balaban J connectivity index is 1.58. The van der Waals surface area contributed by atoms with Gasteiger partial charge in [0.2, 0.25) is 0 Å². The number of nitrogens with one attached hydrogen (secondary N) is 1. The molecule has 0 fully saturated rings. The average Bonchev–Trinajstić information content (AvgIpc) is 2.49. The monoisotopic (exact) mass is 271 g/mol. The van der Waals surface area contributed by atoms with Crippen molar-refractivity contribution in [1.29, 1.82) is 0 Å². The predicted octanol–water partition coefficient (Wildman–Crippen LogP) is 3.97. The first kappa shape index (κ1) is 14.3. The molecular formula is C17H18FNO. The molecule has 2 aromatic carbocycles. The fourth-order valence-corrected chi connectivity index (χ4v) is 1.73. The van der Waals surface area contributed by atoms with Gasteiger partial charge < -0.3 is 10.1 Å². The third-order valence-electron chi connectivity index (χ3n) is 2.74. The molecule has 0 radical (unpaired) electrons. The van der Waals surface area contributed by atoms with E-state index in [1.165, 1.54) is 17.7 Å². The zero-order valence-corrected chi connectivity index (χ0v) is 11.3. The van der Waals surface area contributed by atoms with E-state index < -0.39 is 0 Å². The molecule has 1 N–H and O–H groups in total. The van der Waals surface area contributed by atoms with Gasteiger partial charge in [0.05, 0.1) is 13.2 Å². The Morgan fingerprint density at radius 2 is 1.75 bits per heavy atom. The van der Waals surface area contributed by atoms with Gasteiger partial charge in [-0.15, -0.1) is 0 Å². The standard InChI is InChI=1S/C17H18FNO/c18-16-8-10-17(11-9-16)19-12-14-20-13-4-7-15-5-2-1-3-6-15/h1-11,19H,12-14H2. The second-order valence-electron chi connectivity index (χ2n) is 4.32. The number of halogens is 1. The number of hydrogen-bond acceptors (Lipinski definition) is 2. The Kier molecular flexibility index (Phi) is 5.80. The van der Waals surface area contributed by atoms with E-state index in [1.54, 1.807) is 12.1 Å². The highest BCUT2D eigenvalue weighted by atomic mass is 19.1. The molecule has 0 heterocycles. The van der Waals surface area contributed by atoms with Crippen molar-refractivity contribution >= 4 is 11.8 Å². The lowest BCUT2D eigenvalue weighted by molar-refractivity contribution is 0.174. The van der Waals surface area contributed by atoms with Crippen molar-refractivity contribution in [2.45, 2.75) is 0 Å². The summed E-state index contributed by atoms with van der Waals surface area (Å²) in [6.07, 6.45) is 4.03. The van der Waals surface area contributed by atoms with Crippen LogP contribution >= 0.6 is 0 Å². The average molecular weight is 271 g/mol. The molecule has 0 aromatic heterocycles. The molecule has 0 saturated carbocycles. The van der Waals surface area contributed by atoms with E-state index in [-0.39, 0.29) is 5.82 Å². The quantitative estimate of drug-likeness (QED) is 0.769. The molecule has 0 amide bonds. The van der Waals surface area contributed by atoms with Crippen LogP contribution in [0.3, 0.4) is 0 Å². The van der Waals surface area contributed by atoms with Crippen molar-refractivity contribution < 1.29 is 9.13 Å². The summed E-state index contributed by atoms with van der Waals surface area (Å²) in [5.74, 6) is -0.224. The summed E-state index contributed by atoms with van der Waals surface area (Å²) in [5, 5.41) is 3.16. The lowest BCUT2D eigenvalue weighted by Crippen LogP contribution is -2.09. The Morgan fingerprint density at radius 3 is 2.50 bits per heavy atom. The minimum atomic E-state index is -0.224. The molecule has 0 aliphatic rings. The first-order valence-corrected chi connectivity index (χ1v) is 6.63. The van der Waals surface area contributed by atoms with E-state index in [1.807, 2.05) is 42.5 Å². The fourth-order valence-electron chi connectivity index (χ4n) is 1.73. The fraction of sp³-hybridized carbons (Fsp3) is 0.176. The van der Waals surface area contributed by atoms with Gasteiger partial charge in [-0.25, -0.2) is 4.39 Å². The summed E-state index contributed by atoms with van der Waals surface area (Å²) in [6.45, 7) is 1.89. The highest BCUT2D eigenvalue weighted by molar-refractivity contribution is 5.48. The van der Waals surface area contributed by atoms with Crippen molar-refractivity contribution in [3.63, 3.8) is 0 Å². The molecule has 2 rings (SSSR count). The third kappa shape index (κ3) is 5.24. The molecule has 0 saturated heterocycles. The Labute approximate surface area is 118 Å². The molecule has 0 unspecified atom stereocenters. The van der Waals surface area contributed by atoms with Crippen LogP contribution in [0.2, 0.25) is 0 Å². The molecule has 0 spiro atoms. The zero-order valence-electron chi connectivity index (χ0n) is 11.3. The highest BCUT2D eigenvalue weighted by Gasteiger charge is 1.92. The van der Waals surface area contributed by atoms with Crippen LogP contribution < -0.4 is 5.32 Å². The van der Waals surface area contributed by atoms with Gasteiger partial charge in [0.25, 0.3) is 0 Å². The summed E-state index contributed by atoms with van der Waals surface area (Å²) in [6, 6.07) is 16.4. The van der Waals surface area contributed by atoms with E-state index in [2.05, 4.69) is 5.32 Å². The Morgan fingerprint density at radius 1 is 1.00 bits per heavy atom. The summed E-state index contributed by atoms with van der Waals surface area (Å²) >= 11 is 0. The molecule has 0 atom stereocenters. The Bertz CT molecular complexity index is 522. The predicted molar refractivity (Wildman–Crippen MR) is 81.2 cm³/mol. The topological polar surface area (TPSA) is 21.3 Å². The zero-order chi connectivity index (χ0) is 14.0.